The Balaban J connectivity index is 1.85. The lowest BCUT2D eigenvalue weighted by Crippen LogP contribution is -2.24. The van der Waals surface area contributed by atoms with Crippen LogP contribution >= 0.6 is 0 Å². The Morgan fingerprint density at radius 1 is 1.06 bits per heavy atom. The zero-order valence-corrected chi connectivity index (χ0v) is 12.6. The molecule has 1 unspecified atom stereocenters. The molecule has 18 heavy (non-hydrogen) atoms. The van der Waals surface area contributed by atoms with Crippen molar-refractivity contribution in [2.45, 2.75) is 58.3 Å². The molecule has 0 aromatic rings. The van der Waals surface area contributed by atoms with Crippen LogP contribution in [0.5, 0.6) is 0 Å². The fourth-order valence-corrected chi connectivity index (χ4v) is 4.41. The summed E-state index contributed by atoms with van der Waals surface area (Å²) in [5.74, 6) is 1.16. The zero-order chi connectivity index (χ0) is 13.3. The van der Waals surface area contributed by atoms with Gasteiger partial charge in [-0.2, -0.15) is 0 Å². The largest absolute Gasteiger partial charge is 0.316 e. The van der Waals surface area contributed by atoms with Crippen molar-refractivity contribution in [3.8, 4) is 0 Å². The second kappa shape index (κ2) is 8.92. The van der Waals surface area contributed by atoms with E-state index in [4.69, 9.17) is 0 Å². The van der Waals surface area contributed by atoms with Gasteiger partial charge in [0.05, 0.1) is 11.5 Å². The van der Waals surface area contributed by atoms with E-state index in [1.807, 2.05) is 0 Å². The standard InChI is InChI=1S/C14H29NO2S/c1-2-3-4-5-6-7-8-10-15-12-14-9-11-18(16,17)13-14/h14-15H,2-13H2,1H3. The Morgan fingerprint density at radius 2 is 1.72 bits per heavy atom. The summed E-state index contributed by atoms with van der Waals surface area (Å²) >= 11 is 0. The molecule has 0 aromatic carbocycles. The summed E-state index contributed by atoms with van der Waals surface area (Å²) in [6.45, 7) is 4.17. The van der Waals surface area contributed by atoms with Crippen molar-refractivity contribution < 1.29 is 8.42 Å². The van der Waals surface area contributed by atoms with Crippen molar-refractivity contribution in [2.75, 3.05) is 24.6 Å². The van der Waals surface area contributed by atoms with E-state index in [9.17, 15) is 8.42 Å². The van der Waals surface area contributed by atoms with Crippen molar-refractivity contribution in [1.82, 2.24) is 5.32 Å². The average Bonchev–Trinajstić information content (AvgIpc) is 2.67. The second-order valence-electron chi connectivity index (χ2n) is 5.59. The highest BCUT2D eigenvalue weighted by molar-refractivity contribution is 7.91. The SMILES string of the molecule is CCCCCCCCCNCC1CCS(=O)(=O)C1. The molecule has 0 aromatic heterocycles. The van der Waals surface area contributed by atoms with E-state index >= 15 is 0 Å². The van der Waals surface area contributed by atoms with Gasteiger partial charge in [0, 0.05) is 0 Å². The van der Waals surface area contributed by atoms with Gasteiger partial charge in [-0.25, -0.2) is 8.42 Å². The Labute approximate surface area is 113 Å². The molecule has 0 saturated carbocycles. The van der Waals surface area contributed by atoms with Gasteiger partial charge in [0.1, 0.15) is 0 Å². The molecule has 3 nitrogen and oxygen atoms in total. The van der Waals surface area contributed by atoms with E-state index in [0.717, 1.165) is 19.5 Å². The Bertz CT molecular complexity index is 301. The van der Waals surface area contributed by atoms with Gasteiger partial charge in [-0.1, -0.05) is 45.4 Å². The summed E-state index contributed by atoms with van der Waals surface area (Å²) in [6, 6.07) is 0. The van der Waals surface area contributed by atoms with Gasteiger partial charge in [0.25, 0.3) is 0 Å². The lowest BCUT2D eigenvalue weighted by molar-refractivity contribution is 0.501. The van der Waals surface area contributed by atoms with Gasteiger partial charge >= 0.3 is 0 Å². The van der Waals surface area contributed by atoms with Gasteiger partial charge < -0.3 is 5.32 Å². The highest BCUT2D eigenvalue weighted by Crippen LogP contribution is 2.17. The molecule has 1 aliphatic heterocycles. The highest BCUT2D eigenvalue weighted by Gasteiger charge is 2.27. The fourth-order valence-electron chi connectivity index (χ4n) is 2.55. The minimum atomic E-state index is -2.70. The Morgan fingerprint density at radius 3 is 2.33 bits per heavy atom. The molecule has 108 valence electrons. The van der Waals surface area contributed by atoms with Gasteiger partial charge in [0.15, 0.2) is 9.84 Å². The number of hydrogen-bond donors (Lipinski definition) is 1. The lowest BCUT2D eigenvalue weighted by Gasteiger charge is -2.09. The minimum Gasteiger partial charge on any atom is -0.316 e. The summed E-state index contributed by atoms with van der Waals surface area (Å²) in [4.78, 5) is 0. The number of nitrogens with one attached hydrogen (secondary N) is 1. The van der Waals surface area contributed by atoms with Crippen molar-refractivity contribution in [1.29, 1.82) is 0 Å². The molecule has 0 bridgehead atoms. The van der Waals surface area contributed by atoms with Crippen LogP contribution in [0.25, 0.3) is 0 Å². The van der Waals surface area contributed by atoms with Crippen molar-refractivity contribution in [3.63, 3.8) is 0 Å². The fraction of sp³-hybridized carbons (Fsp3) is 1.00. The third-order valence-corrected chi connectivity index (χ3v) is 5.55. The normalized spacial score (nSPS) is 22.4. The first-order valence-electron chi connectivity index (χ1n) is 7.55. The third kappa shape index (κ3) is 7.37. The average molecular weight is 275 g/mol. The van der Waals surface area contributed by atoms with E-state index in [1.54, 1.807) is 0 Å². The van der Waals surface area contributed by atoms with E-state index < -0.39 is 9.84 Å². The highest BCUT2D eigenvalue weighted by atomic mass is 32.2. The molecule has 4 heteroatoms. The van der Waals surface area contributed by atoms with Gasteiger partial charge in [-0.15, -0.1) is 0 Å². The smallest absolute Gasteiger partial charge is 0.150 e. The quantitative estimate of drug-likeness (QED) is 0.624. The number of sulfone groups is 1. The van der Waals surface area contributed by atoms with E-state index in [1.165, 1.54) is 44.9 Å². The molecule has 0 radical (unpaired) electrons. The molecule has 1 fully saturated rings. The number of rotatable bonds is 10. The minimum absolute atomic E-state index is 0.361. The molecular weight excluding hydrogens is 246 g/mol. The third-order valence-electron chi connectivity index (χ3n) is 3.72. The number of hydrogen-bond acceptors (Lipinski definition) is 3. The molecule has 1 saturated heterocycles. The van der Waals surface area contributed by atoms with Crippen LogP contribution in [-0.4, -0.2) is 33.0 Å². The lowest BCUT2D eigenvalue weighted by atomic mass is 10.1. The van der Waals surface area contributed by atoms with Crippen molar-refractivity contribution in [2.24, 2.45) is 5.92 Å². The molecule has 1 atom stereocenters. The van der Waals surface area contributed by atoms with Crippen LogP contribution in [0.1, 0.15) is 58.3 Å². The topological polar surface area (TPSA) is 46.2 Å². The molecule has 1 heterocycles. The maximum absolute atomic E-state index is 11.3. The maximum Gasteiger partial charge on any atom is 0.150 e. The zero-order valence-electron chi connectivity index (χ0n) is 11.8. The van der Waals surface area contributed by atoms with Crippen LogP contribution in [-0.2, 0) is 9.84 Å². The Kier molecular flexibility index (Phi) is 7.91. The van der Waals surface area contributed by atoms with E-state index in [2.05, 4.69) is 12.2 Å². The molecule has 0 amide bonds. The molecule has 1 N–H and O–H groups in total. The monoisotopic (exact) mass is 275 g/mol. The van der Waals surface area contributed by atoms with Gasteiger partial charge in [0.2, 0.25) is 0 Å². The predicted octanol–water partition coefficient (Wildman–Crippen LogP) is 2.76. The predicted molar refractivity (Wildman–Crippen MR) is 77.6 cm³/mol. The molecule has 0 aliphatic carbocycles. The molecule has 1 rings (SSSR count). The van der Waals surface area contributed by atoms with Crippen LogP contribution < -0.4 is 5.32 Å². The van der Waals surface area contributed by atoms with Crippen LogP contribution in [0, 0.1) is 5.92 Å². The Hall–Kier alpha value is -0.0900. The second-order valence-corrected chi connectivity index (χ2v) is 7.82. The van der Waals surface area contributed by atoms with Crippen LogP contribution in [0.3, 0.4) is 0 Å². The van der Waals surface area contributed by atoms with Crippen molar-refractivity contribution >= 4 is 9.84 Å². The van der Waals surface area contributed by atoms with E-state index in [0.29, 0.717) is 17.4 Å². The van der Waals surface area contributed by atoms with Crippen LogP contribution in [0.2, 0.25) is 0 Å². The first-order chi connectivity index (χ1) is 8.64. The van der Waals surface area contributed by atoms with Gasteiger partial charge in [-0.3, -0.25) is 0 Å². The summed E-state index contributed by atoms with van der Waals surface area (Å²) in [7, 11) is -2.70. The summed E-state index contributed by atoms with van der Waals surface area (Å²) in [6.07, 6.45) is 10.2. The summed E-state index contributed by atoms with van der Waals surface area (Å²) in [5, 5.41) is 3.40. The molecule has 1 aliphatic rings. The van der Waals surface area contributed by atoms with Gasteiger partial charge in [-0.05, 0) is 31.8 Å². The first kappa shape index (κ1) is 16.0. The molecule has 0 spiro atoms. The number of unbranched alkanes of at least 4 members (excludes halogenated alkanes) is 6. The van der Waals surface area contributed by atoms with Crippen molar-refractivity contribution in [3.05, 3.63) is 0 Å². The van der Waals surface area contributed by atoms with Crippen LogP contribution in [0.4, 0.5) is 0 Å². The summed E-state index contributed by atoms with van der Waals surface area (Å²) in [5.41, 5.74) is 0. The van der Waals surface area contributed by atoms with Crippen LogP contribution in [0.15, 0.2) is 0 Å². The van der Waals surface area contributed by atoms with E-state index in [-0.39, 0.29) is 0 Å². The first-order valence-corrected chi connectivity index (χ1v) is 9.37. The molecular formula is C14H29NO2S. The maximum atomic E-state index is 11.3. The summed E-state index contributed by atoms with van der Waals surface area (Å²) < 4.78 is 22.5.